The SMILES string of the molecule is CCc1cc(OC)ccc1C(=O)Nc1ccc(-c2csc(C)n2)c(Cl)c1.COc1ccc(C(=O)Nc2ccc(-c3csc(C)n3)c(Cl)c2)c(C)c1.COc1ccc(C(=O)Nc2ccc(-c3csc(C)n3)c(Cl)c2)c(F)c1.COc1ccc(C(=O)Nc2ccc(-c3csc(C)n3)c(Cl)c2)c(OC)c1.Cc1nc(-c2ccc(NC(=O)c3ccc(S(C)(=O)=O)cc3F)cc2Cl)cs1. The summed E-state index contributed by atoms with van der Waals surface area (Å²) in [6.07, 6.45) is 1.71. The van der Waals surface area contributed by atoms with Crippen LogP contribution in [0.3, 0.4) is 0 Å². The lowest BCUT2D eigenvalue weighted by Crippen LogP contribution is -2.14. The van der Waals surface area contributed by atoms with Crippen LogP contribution in [-0.2, 0) is 16.3 Å². The second-order valence-corrected chi connectivity index (χ2v) is 37.2. The molecule has 0 aliphatic rings. The summed E-state index contributed by atoms with van der Waals surface area (Å²) in [5, 5.41) is 30.8. The molecule has 664 valence electrons. The molecule has 0 aliphatic heterocycles. The molecule has 35 heteroatoms. The number of rotatable bonds is 22. The number of aromatic nitrogens is 5. The third-order valence-electron chi connectivity index (χ3n) is 18.9. The maximum atomic E-state index is 14.1. The van der Waals surface area contributed by atoms with Crippen LogP contribution < -0.4 is 50.3 Å². The molecule has 129 heavy (non-hydrogen) atoms. The van der Waals surface area contributed by atoms with Crippen molar-refractivity contribution >= 4 is 182 Å². The molecule has 0 saturated carbocycles. The van der Waals surface area contributed by atoms with Crippen molar-refractivity contribution in [2.24, 2.45) is 0 Å². The molecule has 0 unspecified atom stereocenters. The Morgan fingerprint density at radius 3 is 0.884 bits per heavy atom. The molecule has 10 aromatic carbocycles. The number of anilines is 5. The van der Waals surface area contributed by atoms with E-state index in [0.29, 0.717) is 87.5 Å². The first-order chi connectivity index (χ1) is 61.6. The van der Waals surface area contributed by atoms with E-state index in [1.807, 2.05) is 118 Å². The summed E-state index contributed by atoms with van der Waals surface area (Å²) < 4.78 is 76.8. The van der Waals surface area contributed by atoms with Gasteiger partial charge >= 0.3 is 0 Å². The summed E-state index contributed by atoms with van der Waals surface area (Å²) in [7, 11) is 4.15. The van der Waals surface area contributed by atoms with Crippen LogP contribution in [0.1, 0.15) is 94.9 Å². The minimum Gasteiger partial charge on any atom is -0.497 e. The molecule has 22 nitrogen and oxygen atoms in total. The fourth-order valence-electron chi connectivity index (χ4n) is 12.4. The van der Waals surface area contributed by atoms with Crippen molar-refractivity contribution in [1.29, 1.82) is 0 Å². The smallest absolute Gasteiger partial charge is 0.259 e. The first kappa shape index (κ1) is 97.6. The van der Waals surface area contributed by atoms with Gasteiger partial charge in [-0.15, -0.1) is 56.7 Å². The topological polar surface area (TPSA) is 290 Å². The van der Waals surface area contributed by atoms with Gasteiger partial charge in [-0.05, 0) is 229 Å². The number of aryl methyl sites for hydroxylation is 7. The lowest BCUT2D eigenvalue weighted by molar-refractivity contribution is 0.101. The molecule has 15 rings (SSSR count). The van der Waals surface area contributed by atoms with Gasteiger partial charge in [0.1, 0.15) is 40.4 Å². The fraction of sp³-hybridized carbons (Fsp3) is 0.149. The summed E-state index contributed by atoms with van der Waals surface area (Å²) in [4.78, 5) is 84.2. The molecule has 0 radical (unpaired) electrons. The molecule has 0 saturated heterocycles. The second-order valence-electron chi connectivity index (χ2n) is 27.9. The van der Waals surface area contributed by atoms with Crippen LogP contribution in [0.4, 0.5) is 37.2 Å². The van der Waals surface area contributed by atoms with Crippen molar-refractivity contribution in [2.75, 3.05) is 68.4 Å². The van der Waals surface area contributed by atoms with Gasteiger partial charge in [0, 0.05) is 113 Å². The Labute approximate surface area is 788 Å². The zero-order valence-corrected chi connectivity index (χ0v) is 79.8. The normalized spacial score (nSPS) is 10.7. The van der Waals surface area contributed by atoms with Crippen LogP contribution in [0.15, 0.2) is 214 Å². The molecule has 5 amide bonds. The van der Waals surface area contributed by atoms with E-state index in [9.17, 15) is 41.2 Å². The standard InChI is InChI=1S/C20H19ClN2O2S.C19H17ClN2O3S.C19H17ClN2O2S.C18H14ClFN2O3S2.C18H14ClFN2O2S/c1-4-13-9-15(25-3)6-8-16(13)20(24)23-14-5-7-17(18(21)10-14)19-11-26-12(2)22-19;1-11-21-17(10-26-11)14-6-4-12(8-16(14)20)22-19(23)15-7-5-13(24-2)9-18(15)25-3;1-11-8-14(24-3)5-7-15(11)19(23)22-13-4-6-16(17(20)9-13)18-10-25-12(2)21-18;1-10-21-17(9-26-10)13-5-3-11(7-15(13)19)22-18(23)14-6-4-12(8-16(14)20)27(2,24)25;1-10-21-17(9-25-10)13-5-3-11(7-15(13)19)22-18(23)14-6-4-12(24-2)8-16(14)20/h5-11H,4H2,1-3H3,(H,23,24);4-10H,1-3H3,(H,22,23);4-10H,1-3H3,(H,22,23);3-9H,1-2H3,(H,22,23);3-9H,1-2H3,(H,22,23). The highest BCUT2D eigenvalue weighted by Gasteiger charge is 2.23. The molecule has 0 fully saturated rings. The number of thiazole rings is 5. The number of halogens is 7. The van der Waals surface area contributed by atoms with Gasteiger partial charge in [-0.3, -0.25) is 24.0 Å². The van der Waals surface area contributed by atoms with Gasteiger partial charge in [-0.1, -0.05) is 64.9 Å². The summed E-state index contributed by atoms with van der Waals surface area (Å²) in [6, 6.07) is 49.3. The highest BCUT2D eigenvalue weighted by atomic mass is 35.5. The van der Waals surface area contributed by atoms with Gasteiger partial charge in [0.05, 0.1) is 136 Å². The summed E-state index contributed by atoms with van der Waals surface area (Å²) in [5.74, 6) is -0.636. The van der Waals surface area contributed by atoms with E-state index in [2.05, 4.69) is 51.5 Å². The largest absolute Gasteiger partial charge is 0.497 e. The Balaban J connectivity index is 0.000000156. The van der Waals surface area contributed by atoms with E-state index in [4.69, 9.17) is 81.7 Å². The van der Waals surface area contributed by atoms with E-state index in [0.717, 1.165) is 135 Å². The molecule has 0 aliphatic carbocycles. The van der Waals surface area contributed by atoms with Crippen LogP contribution in [0, 0.1) is 53.2 Å². The third kappa shape index (κ3) is 25.9. The highest BCUT2D eigenvalue weighted by molar-refractivity contribution is 7.90. The molecule has 5 aromatic heterocycles. The number of carbonyl (C=O) groups is 5. The van der Waals surface area contributed by atoms with Gasteiger partial charge in [0.2, 0.25) is 0 Å². The molecule has 5 N–H and O–H groups in total. The van der Waals surface area contributed by atoms with Gasteiger partial charge < -0.3 is 50.3 Å². The number of hydrogen-bond acceptors (Lipinski definition) is 22. The number of hydrogen-bond donors (Lipinski definition) is 5. The molecule has 0 spiro atoms. The van der Waals surface area contributed by atoms with E-state index in [-0.39, 0.29) is 33.7 Å². The molecular formula is C94H81Cl5F2N10O12S6. The third-order valence-corrected chi connectivity index (χ3v) is 25.5. The second kappa shape index (κ2) is 44.8. The number of sulfone groups is 1. The lowest BCUT2D eigenvalue weighted by Gasteiger charge is -2.11. The van der Waals surface area contributed by atoms with Crippen LogP contribution in [-0.4, -0.2) is 105 Å². The van der Waals surface area contributed by atoms with E-state index < -0.39 is 33.3 Å². The Morgan fingerprint density at radius 2 is 0.605 bits per heavy atom. The average Bonchev–Trinajstić information content (AvgIpc) is 1.01. The Hall–Kier alpha value is -12.0. The predicted molar refractivity (Wildman–Crippen MR) is 518 cm³/mol. The Bertz CT molecular complexity index is 6480. The monoisotopic (exact) mass is 1950 g/mol. The van der Waals surface area contributed by atoms with Crippen LogP contribution in [0.25, 0.3) is 56.3 Å². The number of amides is 5. The number of benzene rings is 10. The first-order valence-electron chi connectivity index (χ1n) is 38.7. The van der Waals surface area contributed by atoms with Gasteiger partial charge in [-0.25, -0.2) is 42.1 Å². The summed E-state index contributed by atoms with van der Waals surface area (Å²) in [5.41, 5.74) is 13.9. The van der Waals surface area contributed by atoms with Gasteiger partial charge in [0.15, 0.2) is 9.84 Å². The zero-order valence-electron chi connectivity index (χ0n) is 71.1. The Morgan fingerprint density at radius 1 is 0.333 bits per heavy atom. The maximum absolute atomic E-state index is 14.1. The molecular weight excluding hydrogens is 1870 g/mol. The first-order valence-corrected chi connectivity index (χ1v) is 46.9. The summed E-state index contributed by atoms with van der Waals surface area (Å²) >= 11 is 39.5. The van der Waals surface area contributed by atoms with Crippen LogP contribution in [0.2, 0.25) is 25.1 Å². The number of ether oxygens (including phenoxy) is 5. The summed E-state index contributed by atoms with van der Waals surface area (Å²) in [6.45, 7) is 13.5. The minimum absolute atomic E-state index is 0.0730. The zero-order chi connectivity index (χ0) is 93.1. The van der Waals surface area contributed by atoms with Gasteiger partial charge in [0.25, 0.3) is 29.5 Å². The number of carbonyl (C=O) groups excluding carboxylic acids is 5. The van der Waals surface area contributed by atoms with E-state index in [1.165, 1.54) is 55.1 Å². The number of nitrogens with one attached hydrogen (secondary N) is 5. The van der Waals surface area contributed by atoms with Crippen molar-refractivity contribution in [3.05, 3.63) is 310 Å². The fourth-order valence-corrected chi connectivity index (χ4v) is 17.4. The molecule has 5 heterocycles. The lowest BCUT2D eigenvalue weighted by atomic mass is 10.0. The molecule has 0 bridgehead atoms. The van der Waals surface area contributed by atoms with Crippen LogP contribution in [0.5, 0.6) is 28.7 Å². The Kier molecular flexibility index (Phi) is 33.9. The van der Waals surface area contributed by atoms with E-state index in [1.54, 1.807) is 158 Å². The van der Waals surface area contributed by atoms with Crippen molar-refractivity contribution in [3.8, 4) is 85.0 Å². The minimum atomic E-state index is -3.56. The van der Waals surface area contributed by atoms with Crippen LogP contribution >= 0.6 is 115 Å². The maximum Gasteiger partial charge on any atom is 0.259 e. The average molecular weight is 1950 g/mol. The number of methoxy groups -OCH3 is 5. The van der Waals surface area contributed by atoms with Crippen molar-refractivity contribution in [3.63, 3.8) is 0 Å². The highest BCUT2D eigenvalue weighted by Crippen LogP contribution is 2.39. The van der Waals surface area contributed by atoms with Crippen molar-refractivity contribution in [1.82, 2.24) is 24.9 Å². The van der Waals surface area contributed by atoms with Gasteiger partial charge in [-0.2, -0.15) is 0 Å². The van der Waals surface area contributed by atoms with Crippen molar-refractivity contribution in [2.45, 2.75) is 59.8 Å². The number of nitrogens with zero attached hydrogens (tertiary/aromatic N) is 5. The van der Waals surface area contributed by atoms with E-state index >= 15 is 0 Å². The molecule has 0 atom stereocenters. The quantitative estimate of drug-likeness (QED) is 0.0421. The van der Waals surface area contributed by atoms with Crippen molar-refractivity contribution < 1.29 is 64.9 Å². The molecule has 15 aromatic rings. The predicted octanol–water partition coefficient (Wildman–Crippen LogP) is 25.7.